The average molecular weight is 674 g/mol. The lowest BCUT2D eigenvalue weighted by Crippen LogP contribution is -2.25. The van der Waals surface area contributed by atoms with Gasteiger partial charge in [0.25, 0.3) is 0 Å². The summed E-state index contributed by atoms with van der Waals surface area (Å²) < 4.78 is 0. The van der Waals surface area contributed by atoms with Crippen LogP contribution in [-0.2, 0) is 5.41 Å². The van der Waals surface area contributed by atoms with Crippen LogP contribution in [-0.4, -0.2) is 15.0 Å². The largest absolute Gasteiger partial charge is 0.208 e. The van der Waals surface area contributed by atoms with Gasteiger partial charge in [-0.05, 0) is 66.9 Å². The molecule has 1 aromatic heterocycles. The molecule has 0 bridgehead atoms. The summed E-state index contributed by atoms with van der Waals surface area (Å²) in [6.45, 7) is 0. The molecule has 0 aliphatic heterocycles. The van der Waals surface area contributed by atoms with E-state index in [1.807, 2.05) is 36.4 Å². The number of fused-ring (bicyclic) bond motifs is 11. The van der Waals surface area contributed by atoms with Crippen molar-refractivity contribution in [3.63, 3.8) is 0 Å². The van der Waals surface area contributed by atoms with Crippen molar-refractivity contribution in [1.29, 1.82) is 0 Å². The predicted molar refractivity (Wildman–Crippen MR) is 215 cm³/mol. The Bertz CT molecular complexity index is 2790. The fourth-order valence-electron chi connectivity index (χ4n) is 9.03. The first-order chi connectivity index (χ1) is 26.3. The van der Waals surface area contributed by atoms with Gasteiger partial charge in [-0.2, -0.15) is 0 Å². The van der Waals surface area contributed by atoms with E-state index >= 15 is 0 Å². The lowest BCUT2D eigenvalue weighted by molar-refractivity contribution is 0.794. The molecule has 0 unspecified atom stereocenters. The second-order valence-electron chi connectivity index (χ2n) is 13.9. The van der Waals surface area contributed by atoms with Crippen molar-refractivity contribution in [2.75, 3.05) is 0 Å². The number of nitrogens with zero attached hydrogens (tertiary/aromatic N) is 3. The first-order valence-electron chi connectivity index (χ1n) is 18.1. The van der Waals surface area contributed by atoms with E-state index in [4.69, 9.17) is 15.0 Å². The molecule has 11 rings (SSSR count). The van der Waals surface area contributed by atoms with Gasteiger partial charge in [-0.15, -0.1) is 0 Å². The zero-order valence-electron chi connectivity index (χ0n) is 28.7. The number of rotatable bonds is 4. The van der Waals surface area contributed by atoms with Gasteiger partial charge >= 0.3 is 0 Å². The maximum atomic E-state index is 5.24. The molecule has 0 amide bonds. The molecule has 9 aromatic rings. The second kappa shape index (κ2) is 11.5. The lowest BCUT2D eigenvalue weighted by Gasteiger charge is -2.30. The fraction of sp³-hybridized carbons (Fsp3) is 0.0200. The molecule has 0 fully saturated rings. The molecule has 0 N–H and O–H groups in total. The first kappa shape index (κ1) is 29.7. The fourth-order valence-corrected chi connectivity index (χ4v) is 9.03. The minimum Gasteiger partial charge on any atom is -0.208 e. The Hall–Kier alpha value is -6.97. The smallest absolute Gasteiger partial charge is 0.164 e. The zero-order chi connectivity index (χ0) is 34.9. The van der Waals surface area contributed by atoms with Crippen LogP contribution >= 0.6 is 0 Å². The molecule has 3 nitrogen and oxygen atoms in total. The summed E-state index contributed by atoms with van der Waals surface area (Å²) >= 11 is 0. The highest BCUT2D eigenvalue weighted by atomic mass is 15.0. The van der Waals surface area contributed by atoms with Crippen molar-refractivity contribution in [2.24, 2.45) is 0 Å². The third-order valence-electron chi connectivity index (χ3n) is 11.2. The van der Waals surface area contributed by atoms with Crippen LogP contribution in [0, 0.1) is 0 Å². The summed E-state index contributed by atoms with van der Waals surface area (Å²) in [5.41, 5.74) is 15.1. The van der Waals surface area contributed by atoms with Crippen molar-refractivity contribution in [3.05, 3.63) is 210 Å². The van der Waals surface area contributed by atoms with Crippen LogP contribution in [0.4, 0.5) is 0 Å². The van der Waals surface area contributed by atoms with Gasteiger partial charge in [-0.1, -0.05) is 182 Å². The van der Waals surface area contributed by atoms with Gasteiger partial charge in [0.1, 0.15) is 0 Å². The molecule has 246 valence electrons. The molecule has 1 heterocycles. The topological polar surface area (TPSA) is 38.7 Å². The van der Waals surface area contributed by atoms with Gasteiger partial charge in [0.15, 0.2) is 17.5 Å². The molecule has 8 aromatic carbocycles. The molecular weight excluding hydrogens is 643 g/mol. The first-order valence-corrected chi connectivity index (χ1v) is 18.1. The van der Waals surface area contributed by atoms with Gasteiger partial charge in [0.05, 0.1) is 5.41 Å². The number of hydrogen-bond acceptors (Lipinski definition) is 3. The van der Waals surface area contributed by atoms with Gasteiger partial charge in [-0.3, -0.25) is 0 Å². The standard InChI is InChI=1S/C50H31N3/c1-3-17-33(18-4-1)47-51-48(34-19-5-2-6-20-34)53-49(52-47)40-31-30-32-16-7-8-21-35(32)45(40)39-25-15-29-44-46(39)38-24-11-14-28-43(38)50(44)41-26-12-9-22-36(41)37-23-10-13-27-42(37)50/h1-31H. The molecular formula is C50H31N3. The monoisotopic (exact) mass is 673 g/mol. The van der Waals surface area contributed by atoms with Crippen LogP contribution in [0.3, 0.4) is 0 Å². The Kier molecular flexibility index (Phi) is 6.47. The van der Waals surface area contributed by atoms with Crippen molar-refractivity contribution >= 4 is 10.8 Å². The Labute approximate surface area is 308 Å². The number of hydrogen-bond donors (Lipinski definition) is 0. The highest BCUT2D eigenvalue weighted by Gasteiger charge is 2.52. The van der Waals surface area contributed by atoms with Crippen LogP contribution in [0.5, 0.6) is 0 Å². The van der Waals surface area contributed by atoms with E-state index in [0.29, 0.717) is 17.5 Å². The second-order valence-corrected chi connectivity index (χ2v) is 13.9. The number of aromatic nitrogens is 3. The van der Waals surface area contributed by atoms with Gasteiger partial charge in [-0.25, -0.2) is 15.0 Å². The number of benzene rings is 8. The summed E-state index contributed by atoms with van der Waals surface area (Å²) in [6.07, 6.45) is 0. The SMILES string of the molecule is c1ccc(-c2nc(-c3ccccc3)nc(-c3ccc4ccccc4c3-c3cccc4c3-c3ccccc3C43c4ccccc4-c4ccccc43)n2)cc1. The predicted octanol–water partition coefficient (Wildman–Crippen LogP) is 12.0. The molecule has 2 aliphatic carbocycles. The van der Waals surface area contributed by atoms with Crippen molar-refractivity contribution in [2.45, 2.75) is 5.41 Å². The molecule has 0 saturated heterocycles. The van der Waals surface area contributed by atoms with Crippen LogP contribution in [0.25, 0.3) is 78.3 Å². The lowest BCUT2D eigenvalue weighted by atomic mass is 9.70. The Morgan fingerprint density at radius 2 is 0.755 bits per heavy atom. The van der Waals surface area contributed by atoms with Crippen molar-refractivity contribution in [1.82, 2.24) is 15.0 Å². The van der Waals surface area contributed by atoms with Gasteiger partial charge in [0, 0.05) is 22.3 Å². The van der Waals surface area contributed by atoms with E-state index in [1.165, 1.54) is 55.5 Å². The Morgan fingerprint density at radius 3 is 1.40 bits per heavy atom. The minimum atomic E-state index is -0.437. The molecule has 3 heteroatoms. The maximum absolute atomic E-state index is 5.24. The summed E-state index contributed by atoms with van der Waals surface area (Å²) in [7, 11) is 0. The van der Waals surface area contributed by atoms with E-state index in [2.05, 4.69) is 152 Å². The summed E-state index contributed by atoms with van der Waals surface area (Å²) in [4.78, 5) is 15.5. The van der Waals surface area contributed by atoms with E-state index in [9.17, 15) is 0 Å². The van der Waals surface area contributed by atoms with E-state index in [1.54, 1.807) is 0 Å². The average Bonchev–Trinajstić information content (AvgIpc) is 3.71. The third kappa shape index (κ3) is 4.25. The van der Waals surface area contributed by atoms with Crippen LogP contribution in [0.2, 0.25) is 0 Å². The third-order valence-corrected chi connectivity index (χ3v) is 11.2. The molecule has 1 spiro atoms. The quantitative estimate of drug-likeness (QED) is 0.187. The van der Waals surface area contributed by atoms with Crippen LogP contribution < -0.4 is 0 Å². The molecule has 53 heavy (non-hydrogen) atoms. The molecule has 0 radical (unpaired) electrons. The minimum absolute atomic E-state index is 0.437. The normalized spacial score (nSPS) is 13.1. The highest BCUT2D eigenvalue weighted by molar-refractivity contribution is 6.09. The molecule has 2 aliphatic rings. The Morgan fingerprint density at radius 1 is 0.283 bits per heavy atom. The molecule has 0 saturated carbocycles. The van der Waals surface area contributed by atoms with Crippen LogP contribution in [0.1, 0.15) is 22.3 Å². The summed E-state index contributed by atoms with van der Waals surface area (Å²) in [6, 6.07) is 67.4. The van der Waals surface area contributed by atoms with Gasteiger partial charge in [0.2, 0.25) is 0 Å². The van der Waals surface area contributed by atoms with Crippen molar-refractivity contribution in [3.8, 4) is 67.5 Å². The van der Waals surface area contributed by atoms with Crippen molar-refractivity contribution < 1.29 is 0 Å². The van der Waals surface area contributed by atoms with Gasteiger partial charge < -0.3 is 0 Å². The summed E-state index contributed by atoms with van der Waals surface area (Å²) in [5.74, 6) is 1.94. The highest BCUT2D eigenvalue weighted by Crippen LogP contribution is 2.64. The van der Waals surface area contributed by atoms with Crippen LogP contribution in [0.15, 0.2) is 188 Å². The summed E-state index contributed by atoms with van der Waals surface area (Å²) in [5, 5.41) is 2.33. The molecule has 0 atom stereocenters. The van der Waals surface area contributed by atoms with E-state index < -0.39 is 5.41 Å². The van der Waals surface area contributed by atoms with E-state index in [0.717, 1.165) is 27.6 Å². The maximum Gasteiger partial charge on any atom is 0.164 e. The van der Waals surface area contributed by atoms with E-state index in [-0.39, 0.29) is 0 Å². The zero-order valence-corrected chi connectivity index (χ0v) is 28.7. The Balaban J connectivity index is 1.24.